The fourth-order valence-electron chi connectivity index (χ4n) is 11.7. The Bertz CT molecular complexity index is 3520. The summed E-state index contributed by atoms with van der Waals surface area (Å²) in [5.74, 6) is 0. The second-order valence-corrected chi connectivity index (χ2v) is 22.9. The highest BCUT2D eigenvalue weighted by atomic mass is 15.2. The molecule has 0 radical (unpaired) electrons. The maximum Gasteiger partial charge on any atom is 0.0561 e. The molecule has 336 valence electrons. The van der Waals surface area contributed by atoms with Gasteiger partial charge in [-0.3, -0.25) is 0 Å². The molecular weight excluding hydrogens is 821 g/mol. The van der Waals surface area contributed by atoms with Gasteiger partial charge in [0.1, 0.15) is 0 Å². The Hall–Kier alpha value is -6.90. The van der Waals surface area contributed by atoms with E-state index >= 15 is 0 Å². The highest BCUT2D eigenvalue weighted by molar-refractivity contribution is 6.29. The molecule has 2 heteroatoms. The Labute approximate surface area is 403 Å². The minimum absolute atomic E-state index is 0.00808. The molecule has 9 aromatic carbocycles. The molecule has 9 aromatic rings. The Balaban J connectivity index is 1.20. The van der Waals surface area contributed by atoms with E-state index in [1.165, 1.54) is 122 Å². The summed E-state index contributed by atoms with van der Waals surface area (Å²) in [7, 11) is 0. The predicted octanol–water partition coefficient (Wildman–Crippen LogP) is 18.6. The molecule has 0 atom stereocenters. The molecular formula is C66H62N2. The van der Waals surface area contributed by atoms with Crippen LogP contribution in [0.1, 0.15) is 114 Å². The number of allylic oxidation sites excluding steroid dienone is 4. The summed E-state index contributed by atoms with van der Waals surface area (Å²) in [4.78, 5) is 5.23. The monoisotopic (exact) mass is 882 g/mol. The van der Waals surface area contributed by atoms with Gasteiger partial charge in [0.05, 0.1) is 22.7 Å². The van der Waals surface area contributed by atoms with Crippen molar-refractivity contribution in [1.82, 2.24) is 0 Å². The Morgan fingerprint density at radius 3 is 1.49 bits per heavy atom. The van der Waals surface area contributed by atoms with E-state index in [2.05, 4.69) is 236 Å². The zero-order valence-electron chi connectivity index (χ0n) is 41.3. The number of hydrogen-bond donors (Lipinski definition) is 0. The van der Waals surface area contributed by atoms with Crippen LogP contribution in [-0.2, 0) is 29.1 Å². The van der Waals surface area contributed by atoms with Gasteiger partial charge in [-0.15, -0.1) is 0 Å². The van der Waals surface area contributed by atoms with Crippen LogP contribution in [0.15, 0.2) is 169 Å². The highest BCUT2D eigenvalue weighted by Gasteiger charge is 2.32. The summed E-state index contributed by atoms with van der Waals surface area (Å²) >= 11 is 0. The van der Waals surface area contributed by atoms with Gasteiger partial charge in [0, 0.05) is 40.4 Å². The van der Waals surface area contributed by atoms with Gasteiger partial charge in [0.25, 0.3) is 0 Å². The standard InChI is InChI=1S/C66H62N2/c1-64(2,3)45-26-30-48(31-27-45)67(58-22-14-20-52-50-18-12-10-16-41(50)38-56(52)58)60-40-61(55-35-25-44-37-47(66(7,8)9)36-43-24-34-54(60)63(55)62(43)44)68(49-32-28-46(29-33-49)65(4,5)6)59-23-15-21-53-51-19-13-11-17-42(51)39-57(53)59/h10-12,14-18,20-37,40H,13,19,38-39H2,1-9H3. The molecule has 0 saturated heterocycles. The summed E-state index contributed by atoms with van der Waals surface area (Å²) in [6, 6.07) is 59.0. The van der Waals surface area contributed by atoms with E-state index in [0.717, 1.165) is 31.4 Å². The van der Waals surface area contributed by atoms with Crippen LogP contribution in [0.2, 0.25) is 0 Å². The molecule has 0 unspecified atom stereocenters. The molecule has 0 bridgehead atoms. The number of fused-ring (bicyclic) bond motifs is 5. The third-order valence-electron chi connectivity index (χ3n) is 15.4. The van der Waals surface area contributed by atoms with Crippen molar-refractivity contribution in [2.75, 3.05) is 9.80 Å². The normalized spacial score (nSPS) is 14.5. The number of hydrogen-bond acceptors (Lipinski definition) is 2. The largest absolute Gasteiger partial charge is 0.309 e. The molecule has 0 spiro atoms. The molecule has 12 rings (SSSR count). The van der Waals surface area contributed by atoms with Crippen molar-refractivity contribution in [1.29, 1.82) is 0 Å². The molecule has 0 heterocycles. The van der Waals surface area contributed by atoms with E-state index in [9.17, 15) is 0 Å². The third kappa shape index (κ3) is 6.81. The van der Waals surface area contributed by atoms with Crippen LogP contribution in [0.25, 0.3) is 49.0 Å². The smallest absolute Gasteiger partial charge is 0.0561 e. The van der Waals surface area contributed by atoms with E-state index < -0.39 is 0 Å². The van der Waals surface area contributed by atoms with Gasteiger partial charge in [-0.2, -0.15) is 0 Å². The van der Waals surface area contributed by atoms with Gasteiger partial charge >= 0.3 is 0 Å². The first-order chi connectivity index (χ1) is 32.6. The first-order valence-corrected chi connectivity index (χ1v) is 24.9. The van der Waals surface area contributed by atoms with Crippen molar-refractivity contribution < 1.29 is 0 Å². The maximum atomic E-state index is 2.62. The average molecular weight is 883 g/mol. The quantitative estimate of drug-likeness (QED) is 0.154. The molecule has 3 aliphatic carbocycles. The van der Waals surface area contributed by atoms with E-state index in [1.54, 1.807) is 0 Å². The summed E-state index contributed by atoms with van der Waals surface area (Å²) in [5, 5.41) is 7.72. The van der Waals surface area contributed by atoms with Crippen LogP contribution in [-0.4, -0.2) is 0 Å². The number of benzene rings is 9. The fourth-order valence-corrected chi connectivity index (χ4v) is 11.7. The lowest BCUT2D eigenvalue weighted by atomic mass is 9.83. The van der Waals surface area contributed by atoms with Crippen molar-refractivity contribution in [3.8, 4) is 11.1 Å². The average Bonchev–Trinajstić information content (AvgIpc) is 3.90. The van der Waals surface area contributed by atoms with Crippen molar-refractivity contribution in [2.24, 2.45) is 0 Å². The van der Waals surface area contributed by atoms with Crippen LogP contribution >= 0.6 is 0 Å². The second-order valence-electron chi connectivity index (χ2n) is 22.9. The summed E-state index contributed by atoms with van der Waals surface area (Å²) < 4.78 is 0. The fraction of sp³-hybridized carbons (Fsp3) is 0.242. The van der Waals surface area contributed by atoms with Crippen molar-refractivity contribution in [3.05, 3.63) is 208 Å². The van der Waals surface area contributed by atoms with Gasteiger partial charge in [-0.1, -0.05) is 184 Å². The molecule has 0 N–H and O–H groups in total. The van der Waals surface area contributed by atoms with Gasteiger partial charge in [-0.05, 0) is 149 Å². The molecule has 68 heavy (non-hydrogen) atoms. The van der Waals surface area contributed by atoms with Crippen LogP contribution < -0.4 is 9.80 Å². The minimum atomic E-state index is 0.00808. The van der Waals surface area contributed by atoms with E-state index in [4.69, 9.17) is 0 Å². The predicted molar refractivity (Wildman–Crippen MR) is 293 cm³/mol. The second kappa shape index (κ2) is 15.3. The molecule has 0 saturated carbocycles. The van der Waals surface area contributed by atoms with Gasteiger partial charge in [-0.25, -0.2) is 0 Å². The minimum Gasteiger partial charge on any atom is -0.309 e. The molecule has 0 aliphatic heterocycles. The van der Waals surface area contributed by atoms with Crippen LogP contribution in [0.4, 0.5) is 34.1 Å². The number of nitrogens with zero attached hydrogens (tertiary/aromatic N) is 2. The molecule has 0 fully saturated rings. The Morgan fingerprint density at radius 1 is 0.412 bits per heavy atom. The zero-order valence-corrected chi connectivity index (χ0v) is 41.3. The van der Waals surface area contributed by atoms with Gasteiger partial charge in [0.2, 0.25) is 0 Å². The van der Waals surface area contributed by atoms with Crippen LogP contribution in [0.5, 0.6) is 0 Å². The summed E-state index contributed by atoms with van der Waals surface area (Å²) in [6.45, 7) is 20.9. The summed E-state index contributed by atoms with van der Waals surface area (Å²) in [5.41, 5.74) is 22.5. The SMILES string of the molecule is CC(C)(C)c1ccc(N(c2cccc3c2CC2=C3CCC=C2)c2cc(N(c3ccc(C(C)(C)C)cc3)c3cccc4c3Cc3ccccc3-4)c3ccc4cc(C(C)(C)C)cc5ccc2c3c54)cc1. The molecule has 2 nitrogen and oxygen atoms in total. The topological polar surface area (TPSA) is 6.48 Å². The molecule has 0 aromatic heterocycles. The lowest BCUT2D eigenvalue weighted by molar-refractivity contribution is 0.590. The van der Waals surface area contributed by atoms with Crippen LogP contribution in [0, 0.1) is 0 Å². The van der Waals surface area contributed by atoms with Crippen LogP contribution in [0.3, 0.4) is 0 Å². The van der Waals surface area contributed by atoms with Crippen molar-refractivity contribution >= 4 is 72.0 Å². The first kappa shape index (κ1) is 42.5. The van der Waals surface area contributed by atoms with E-state index in [0.29, 0.717) is 0 Å². The lowest BCUT2D eigenvalue weighted by Crippen LogP contribution is -2.17. The number of rotatable bonds is 6. The first-order valence-electron chi connectivity index (χ1n) is 24.9. The van der Waals surface area contributed by atoms with Crippen molar-refractivity contribution in [3.63, 3.8) is 0 Å². The molecule has 0 amide bonds. The lowest BCUT2D eigenvalue weighted by Gasteiger charge is -2.34. The third-order valence-corrected chi connectivity index (χ3v) is 15.4. The van der Waals surface area contributed by atoms with E-state index in [-0.39, 0.29) is 16.2 Å². The van der Waals surface area contributed by atoms with Crippen molar-refractivity contribution in [2.45, 2.75) is 104 Å². The van der Waals surface area contributed by atoms with E-state index in [1.807, 2.05) is 0 Å². The maximum absolute atomic E-state index is 2.62. The number of anilines is 6. The Kier molecular flexibility index (Phi) is 9.56. The molecule has 3 aliphatic rings. The Morgan fingerprint density at radius 2 is 0.926 bits per heavy atom. The zero-order chi connectivity index (χ0) is 46.9. The van der Waals surface area contributed by atoms with Gasteiger partial charge < -0.3 is 9.80 Å². The highest BCUT2D eigenvalue weighted by Crippen LogP contribution is 2.54. The van der Waals surface area contributed by atoms with Gasteiger partial charge in [0.15, 0.2) is 0 Å². The summed E-state index contributed by atoms with van der Waals surface area (Å²) in [6.07, 6.45) is 8.77.